The molecular formula is C21H24F3N3O5. The van der Waals surface area contributed by atoms with Crippen LogP contribution < -0.4 is 5.32 Å². The van der Waals surface area contributed by atoms with Crippen LogP contribution in [0.15, 0.2) is 12.1 Å². The molecule has 1 aromatic heterocycles. The lowest BCUT2D eigenvalue weighted by atomic mass is 10.1. The maximum Gasteiger partial charge on any atom is 0.355 e. The van der Waals surface area contributed by atoms with Crippen molar-refractivity contribution in [2.75, 3.05) is 32.1 Å². The van der Waals surface area contributed by atoms with Gasteiger partial charge in [0.05, 0.1) is 31.0 Å². The number of hydrogen-bond donors (Lipinski definition) is 2. The number of nitrogens with one attached hydrogen (secondary N) is 2. The minimum atomic E-state index is -1.69. The molecular weight excluding hydrogens is 431 g/mol. The fourth-order valence-corrected chi connectivity index (χ4v) is 3.05. The molecule has 0 bridgehead atoms. The zero-order chi connectivity index (χ0) is 24.0. The molecule has 0 spiro atoms. The van der Waals surface area contributed by atoms with Crippen LogP contribution in [0.3, 0.4) is 0 Å². The molecule has 0 radical (unpaired) electrons. The van der Waals surface area contributed by atoms with Crippen LogP contribution in [0.4, 0.5) is 18.9 Å². The van der Waals surface area contributed by atoms with Gasteiger partial charge in [-0.15, -0.1) is 0 Å². The van der Waals surface area contributed by atoms with Crippen molar-refractivity contribution in [1.82, 2.24) is 9.88 Å². The summed E-state index contributed by atoms with van der Waals surface area (Å²) >= 11 is 0. The number of hydrogen-bond acceptors (Lipinski definition) is 6. The first-order valence-corrected chi connectivity index (χ1v) is 9.78. The first kappa shape index (κ1) is 24.9. The summed E-state index contributed by atoms with van der Waals surface area (Å²) < 4.78 is 50.2. The molecule has 0 saturated carbocycles. The lowest BCUT2D eigenvalue weighted by Gasteiger charge is -2.17. The second-order valence-corrected chi connectivity index (χ2v) is 6.86. The molecule has 0 aliphatic heterocycles. The van der Waals surface area contributed by atoms with E-state index in [2.05, 4.69) is 10.3 Å². The van der Waals surface area contributed by atoms with Crippen molar-refractivity contribution < 1.29 is 37.0 Å². The van der Waals surface area contributed by atoms with E-state index in [0.29, 0.717) is 17.3 Å². The summed E-state index contributed by atoms with van der Waals surface area (Å²) in [5.41, 5.74) is 0.396. The molecule has 32 heavy (non-hydrogen) atoms. The van der Waals surface area contributed by atoms with Crippen LogP contribution in [0.5, 0.6) is 0 Å². The zero-order valence-corrected chi connectivity index (χ0v) is 18.1. The number of rotatable bonds is 9. The van der Waals surface area contributed by atoms with E-state index >= 15 is 0 Å². The van der Waals surface area contributed by atoms with Gasteiger partial charge in [0.1, 0.15) is 5.69 Å². The first-order valence-electron chi connectivity index (χ1n) is 9.78. The van der Waals surface area contributed by atoms with Crippen molar-refractivity contribution in [2.45, 2.75) is 27.3 Å². The number of ether oxygens (including phenoxy) is 2. The number of nitrogens with zero attached hydrogens (tertiary/aromatic N) is 1. The first-order chi connectivity index (χ1) is 15.1. The second-order valence-electron chi connectivity index (χ2n) is 6.86. The Kier molecular flexibility index (Phi) is 8.41. The van der Waals surface area contributed by atoms with E-state index in [1.165, 1.54) is 11.9 Å². The van der Waals surface area contributed by atoms with Gasteiger partial charge in [-0.1, -0.05) is 0 Å². The molecule has 0 atom stereocenters. The van der Waals surface area contributed by atoms with Gasteiger partial charge in [-0.3, -0.25) is 9.69 Å². The van der Waals surface area contributed by atoms with Crippen LogP contribution in [0, 0.1) is 24.4 Å². The molecule has 2 aromatic rings. The molecule has 0 aliphatic carbocycles. The third-order valence-electron chi connectivity index (χ3n) is 4.44. The largest absolute Gasteiger partial charge is 0.462 e. The Hall–Kier alpha value is -3.34. The Morgan fingerprint density at radius 2 is 1.66 bits per heavy atom. The fourth-order valence-electron chi connectivity index (χ4n) is 3.05. The predicted molar refractivity (Wildman–Crippen MR) is 109 cm³/mol. The van der Waals surface area contributed by atoms with Gasteiger partial charge in [-0.05, 0) is 45.5 Å². The summed E-state index contributed by atoms with van der Waals surface area (Å²) in [4.78, 5) is 41.2. The highest BCUT2D eigenvalue weighted by Gasteiger charge is 2.26. The van der Waals surface area contributed by atoms with Crippen LogP contribution in [0.25, 0.3) is 0 Å². The molecule has 8 nitrogen and oxygen atoms in total. The molecule has 2 N–H and O–H groups in total. The van der Waals surface area contributed by atoms with E-state index in [1.807, 2.05) is 0 Å². The van der Waals surface area contributed by atoms with E-state index in [1.54, 1.807) is 20.8 Å². The van der Waals surface area contributed by atoms with Crippen LogP contribution in [0.2, 0.25) is 0 Å². The quantitative estimate of drug-likeness (QED) is 0.445. The molecule has 11 heteroatoms. The van der Waals surface area contributed by atoms with Crippen LogP contribution >= 0.6 is 0 Å². The summed E-state index contributed by atoms with van der Waals surface area (Å²) in [6.45, 7) is 4.84. The van der Waals surface area contributed by atoms with E-state index in [0.717, 1.165) is 6.07 Å². The van der Waals surface area contributed by atoms with Crippen LogP contribution in [0.1, 0.15) is 46.0 Å². The Labute approximate surface area is 182 Å². The molecule has 0 saturated heterocycles. The molecule has 1 amide bonds. The highest BCUT2D eigenvalue weighted by molar-refractivity contribution is 5.98. The van der Waals surface area contributed by atoms with Gasteiger partial charge >= 0.3 is 11.9 Å². The van der Waals surface area contributed by atoms with Gasteiger partial charge in [0, 0.05) is 12.2 Å². The maximum atomic E-state index is 13.8. The molecule has 0 fully saturated rings. The minimum absolute atomic E-state index is 0.0159. The summed E-state index contributed by atoms with van der Waals surface area (Å²) in [6, 6.07) is 1.60. The monoisotopic (exact) mass is 455 g/mol. The maximum absolute atomic E-state index is 13.8. The Balaban J connectivity index is 2.19. The van der Waals surface area contributed by atoms with E-state index in [9.17, 15) is 27.6 Å². The van der Waals surface area contributed by atoms with Gasteiger partial charge in [0.2, 0.25) is 5.91 Å². The standard InChI is InChI=1S/C21H24F3N3O5/c1-5-31-20(29)16-11(3)19(21(30)32-6-2)26-14(16)9-27(4)10-15(28)25-13-8-7-12(22)17(23)18(13)24/h7-8,26H,5-6,9-10H2,1-4H3,(H,25,28). The van der Waals surface area contributed by atoms with Crippen molar-refractivity contribution in [1.29, 1.82) is 0 Å². The average molecular weight is 455 g/mol. The lowest BCUT2D eigenvalue weighted by Crippen LogP contribution is -2.30. The molecule has 1 aromatic carbocycles. The summed E-state index contributed by atoms with van der Waals surface area (Å²) in [5, 5.41) is 2.17. The third-order valence-corrected chi connectivity index (χ3v) is 4.44. The second kappa shape index (κ2) is 10.8. The van der Waals surface area contributed by atoms with Gasteiger partial charge in [0.15, 0.2) is 17.5 Å². The van der Waals surface area contributed by atoms with Crippen molar-refractivity contribution in [3.8, 4) is 0 Å². The predicted octanol–water partition coefficient (Wildman–Crippen LogP) is 3.16. The highest BCUT2D eigenvalue weighted by atomic mass is 19.2. The molecule has 0 unspecified atom stereocenters. The highest BCUT2D eigenvalue weighted by Crippen LogP contribution is 2.22. The van der Waals surface area contributed by atoms with Crippen molar-refractivity contribution in [2.24, 2.45) is 0 Å². The lowest BCUT2D eigenvalue weighted by molar-refractivity contribution is -0.117. The normalized spacial score (nSPS) is 10.9. The summed E-state index contributed by atoms with van der Waals surface area (Å²) in [7, 11) is 1.54. The summed E-state index contributed by atoms with van der Waals surface area (Å²) in [6.07, 6.45) is 0. The number of carbonyl (C=O) groups is 3. The van der Waals surface area contributed by atoms with Crippen LogP contribution in [-0.2, 0) is 20.8 Å². The van der Waals surface area contributed by atoms with Gasteiger partial charge < -0.3 is 19.8 Å². The van der Waals surface area contributed by atoms with Crippen molar-refractivity contribution in [3.05, 3.63) is 52.1 Å². The number of amides is 1. The average Bonchev–Trinajstić information content (AvgIpc) is 3.04. The Morgan fingerprint density at radius 1 is 1.03 bits per heavy atom. The van der Waals surface area contributed by atoms with Crippen molar-refractivity contribution >= 4 is 23.5 Å². The van der Waals surface area contributed by atoms with Gasteiger partial charge in [-0.25, -0.2) is 22.8 Å². The van der Waals surface area contributed by atoms with E-state index in [4.69, 9.17) is 9.47 Å². The van der Waals surface area contributed by atoms with E-state index < -0.39 is 41.0 Å². The van der Waals surface area contributed by atoms with Crippen LogP contribution in [-0.4, -0.2) is 54.5 Å². The van der Waals surface area contributed by atoms with Gasteiger partial charge in [0.25, 0.3) is 0 Å². The number of esters is 2. The number of carbonyl (C=O) groups excluding carboxylic acids is 3. The number of halogens is 3. The molecule has 174 valence electrons. The third kappa shape index (κ3) is 5.67. The molecule has 2 rings (SSSR count). The number of aromatic nitrogens is 1. The Morgan fingerprint density at radius 3 is 2.28 bits per heavy atom. The number of H-pyrrole nitrogens is 1. The zero-order valence-electron chi connectivity index (χ0n) is 18.1. The molecule has 0 aliphatic rings. The number of anilines is 1. The topological polar surface area (TPSA) is 101 Å². The molecule has 1 heterocycles. The number of benzene rings is 1. The van der Waals surface area contributed by atoms with E-state index in [-0.39, 0.29) is 37.6 Å². The minimum Gasteiger partial charge on any atom is -0.462 e. The van der Waals surface area contributed by atoms with Crippen molar-refractivity contribution in [3.63, 3.8) is 0 Å². The van der Waals surface area contributed by atoms with Gasteiger partial charge in [-0.2, -0.15) is 0 Å². The fraction of sp³-hybridized carbons (Fsp3) is 0.381. The smallest absolute Gasteiger partial charge is 0.355 e. The Bertz CT molecular complexity index is 1020. The summed E-state index contributed by atoms with van der Waals surface area (Å²) in [5.74, 6) is -6.56. The SMILES string of the molecule is CCOC(=O)c1[nH]c(CN(C)CC(=O)Nc2ccc(F)c(F)c2F)c(C(=O)OCC)c1C. The number of aromatic amines is 1. The number of likely N-dealkylation sites (N-methyl/N-ethyl adjacent to an activating group) is 1.